The molecule has 0 atom stereocenters. The number of amidine groups is 1. The number of hydrogen-bond donors (Lipinski definition) is 0. The van der Waals surface area contributed by atoms with E-state index in [1.165, 1.54) is 24.3 Å². The van der Waals surface area contributed by atoms with E-state index in [4.69, 9.17) is 14.5 Å². The second kappa shape index (κ2) is 9.61. The van der Waals surface area contributed by atoms with E-state index in [2.05, 4.69) is 0 Å². The summed E-state index contributed by atoms with van der Waals surface area (Å²) in [7, 11) is -2.11. The molecule has 1 aromatic carbocycles. The summed E-state index contributed by atoms with van der Waals surface area (Å²) in [6.07, 6.45) is 9.18. The Kier molecular flexibility index (Phi) is 6.75. The van der Waals surface area contributed by atoms with E-state index in [0.29, 0.717) is 12.8 Å². The van der Waals surface area contributed by atoms with Crippen LogP contribution < -0.4 is 0 Å². The SMILES string of the molecule is COC(=O)C1=C(C(=O)OC)C2(C=CC(=O)C=C2)N(S(=O)(=O)c2ccccc2)C1=NC1CCCCC1. The molecule has 0 N–H and O–H groups in total. The molecule has 184 valence electrons. The van der Waals surface area contributed by atoms with Crippen molar-refractivity contribution in [2.24, 2.45) is 4.99 Å². The van der Waals surface area contributed by atoms with Crippen LogP contribution in [0.15, 0.2) is 75.7 Å². The van der Waals surface area contributed by atoms with Crippen molar-refractivity contribution >= 4 is 33.6 Å². The van der Waals surface area contributed by atoms with Crippen LogP contribution in [-0.2, 0) is 33.9 Å². The van der Waals surface area contributed by atoms with Gasteiger partial charge in [-0.2, -0.15) is 0 Å². The number of carbonyl (C=O) groups excluding carboxylic acids is 3. The standard InChI is InChI=1S/C25H26N2O7S/c1-33-23(29)20-21(24(30)34-2)25(15-13-18(28)14-16-25)27(22(20)26-17-9-5-3-6-10-17)35(31,32)19-11-7-4-8-12-19/h4,7-8,11-17H,3,5-6,9-10H2,1-2H3. The van der Waals surface area contributed by atoms with Crippen LogP contribution in [0.4, 0.5) is 0 Å². The predicted octanol–water partition coefficient (Wildman–Crippen LogP) is 2.50. The lowest BCUT2D eigenvalue weighted by molar-refractivity contribution is -0.139. The van der Waals surface area contributed by atoms with Gasteiger partial charge < -0.3 is 9.47 Å². The van der Waals surface area contributed by atoms with E-state index in [0.717, 1.165) is 49.9 Å². The van der Waals surface area contributed by atoms with Gasteiger partial charge in [-0.05, 0) is 49.3 Å². The Morgan fingerprint density at radius 3 is 2.14 bits per heavy atom. The van der Waals surface area contributed by atoms with Crippen molar-refractivity contribution in [1.29, 1.82) is 0 Å². The number of sulfonamides is 1. The number of methoxy groups -OCH3 is 2. The minimum Gasteiger partial charge on any atom is -0.466 e. The molecule has 35 heavy (non-hydrogen) atoms. The zero-order valence-corrected chi connectivity index (χ0v) is 20.3. The fourth-order valence-electron chi connectivity index (χ4n) is 4.70. The number of esters is 2. The molecular weight excluding hydrogens is 472 g/mol. The van der Waals surface area contributed by atoms with Crippen molar-refractivity contribution in [2.45, 2.75) is 48.6 Å². The Bertz CT molecular complexity index is 1250. The quantitative estimate of drug-likeness (QED) is 0.572. The largest absolute Gasteiger partial charge is 0.466 e. The van der Waals surface area contributed by atoms with Crippen LogP contribution in [0.3, 0.4) is 0 Å². The molecule has 0 saturated heterocycles. The first kappa shape index (κ1) is 24.6. The maximum atomic E-state index is 14.1. The van der Waals surface area contributed by atoms with Crippen LogP contribution in [0.2, 0.25) is 0 Å². The van der Waals surface area contributed by atoms with Gasteiger partial charge in [0.2, 0.25) is 0 Å². The van der Waals surface area contributed by atoms with Crippen LogP contribution in [0.5, 0.6) is 0 Å². The molecule has 9 nitrogen and oxygen atoms in total. The summed E-state index contributed by atoms with van der Waals surface area (Å²) in [6.45, 7) is 0. The van der Waals surface area contributed by atoms with Crippen LogP contribution in [0.1, 0.15) is 32.1 Å². The fraction of sp³-hybridized carbons (Fsp3) is 0.360. The fourth-order valence-corrected chi connectivity index (χ4v) is 6.38. The van der Waals surface area contributed by atoms with Gasteiger partial charge in [0.25, 0.3) is 10.0 Å². The minimum absolute atomic E-state index is 0.0650. The van der Waals surface area contributed by atoms with E-state index in [9.17, 15) is 22.8 Å². The number of nitrogens with zero attached hydrogens (tertiary/aromatic N) is 2. The lowest BCUT2D eigenvalue weighted by Crippen LogP contribution is -2.51. The number of aliphatic imine (C=N–C) groups is 1. The van der Waals surface area contributed by atoms with Gasteiger partial charge in [0.1, 0.15) is 11.1 Å². The Hall–Kier alpha value is -3.53. The molecule has 4 rings (SSSR count). The molecule has 1 fully saturated rings. The lowest BCUT2D eigenvalue weighted by Gasteiger charge is -2.37. The Morgan fingerprint density at radius 1 is 0.971 bits per heavy atom. The topological polar surface area (TPSA) is 119 Å². The third-order valence-electron chi connectivity index (χ3n) is 6.35. The van der Waals surface area contributed by atoms with E-state index in [-0.39, 0.29) is 27.9 Å². The van der Waals surface area contributed by atoms with E-state index < -0.39 is 33.3 Å². The first-order valence-corrected chi connectivity index (χ1v) is 12.7. The lowest BCUT2D eigenvalue weighted by atomic mass is 9.86. The third-order valence-corrected chi connectivity index (χ3v) is 8.17. The number of benzene rings is 1. The monoisotopic (exact) mass is 498 g/mol. The number of ketones is 1. The van der Waals surface area contributed by atoms with Gasteiger partial charge in [-0.15, -0.1) is 0 Å². The minimum atomic E-state index is -4.38. The molecule has 2 aliphatic carbocycles. The van der Waals surface area contributed by atoms with Crippen molar-refractivity contribution in [3.8, 4) is 0 Å². The van der Waals surface area contributed by atoms with E-state index in [1.54, 1.807) is 18.2 Å². The molecule has 0 amide bonds. The van der Waals surface area contributed by atoms with E-state index in [1.807, 2.05) is 0 Å². The Morgan fingerprint density at radius 2 is 1.57 bits per heavy atom. The summed E-state index contributed by atoms with van der Waals surface area (Å²) < 4.78 is 39.1. The summed E-state index contributed by atoms with van der Waals surface area (Å²) in [5.74, 6) is -2.45. The maximum absolute atomic E-state index is 14.1. The van der Waals surface area contributed by atoms with Gasteiger partial charge in [-0.1, -0.05) is 37.5 Å². The molecule has 0 aromatic heterocycles. The third kappa shape index (κ3) is 4.22. The molecule has 1 spiro atoms. The van der Waals surface area contributed by atoms with Crippen molar-refractivity contribution in [2.75, 3.05) is 14.2 Å². The first-order chi connectivity index (χ1) is 16.8. The zero-order chi connectivity index (χ0) is 25.2. The Labute approximate surface area is 203 Å². The van der Waals surface area contributed by atoms with Crippen LogP contribution in [-0.4, -0.2) is 62.1 Å². The van der Waals surface area contributed by atoms with E-state index >= 15 is 0 Å². The molecule has 1 aliphatic heterocycles. The molecule has 10 heteroatoms. The highest BCUT2D eigenvalue weighted by molar-refractivity contribution is 7.89. The van der Waals surface area contributed by atoms with Crippen LogP contribution in [0, 0.1) is 0 Å². The number of allylic oxidation sites excluding steroid dienone is 2. The molecule has 0 unspecified atom stereocenters. The summed E-state index contributed by atoms with van der Waals surface area (Å²) in [4.78, 5) is 42.9. The molecule has 0 bridgehead atoms. The summed E-state index contributed by atoms with van der Waals surface area (Å²) in [5.41, 5.74) is -2.42. The highest BCUT2D eigenvalue weighted by Crippen LogP contribution is 2.45. The van der Waals surface area contributed by atoms with Gasteiger partial charge in [-0.25, -0.2) is 22.3 Å². The average Bonchev–Trinajstić information content (AvgIpc) is 3.16. The second-order valence-corrected chi connectivity index (χ2v) is 10.2. The van der Waals surface area contributed by atoms with Gasteiger partial charge in [0.05, 0.1) is 30.7 Å². The van der Waals surface area contributed by atoms with Gasteiger partial charge in [0.15, 0.2) is 11.6 Å². The second-order valence-electron chi connectivity index (χ2n) is 8.45. The van der Waals surface area contributed by atoms with Crippen LogP contribution >= 0.6 is 0 Å². The highest BCUT2D eigenvalue weighted by atomic mass is 32.2. The van der Waals surface area contributed by atoms with Crippen LogP contribution in [0.25, 0.3) is 0 Å². The molecular formula is C25H26N2O7S. The van der Waals surface area contributed by atoms with Gasteiger partial charge in [-0.3, -0.25) is 9.79 Å². The molecule has 1 saturated carbocycles. The predicted molar refractivity (Wildman–Crippen MR) is 127 cm³/mol. The summed E-state index contributed by atoms with van der Waals surface area (Å²) in [6, 6.07) is 7.39. The van der Waals surface area contributed by atoms with Gasteiger partial charge in [0, 0.05) is 0 Å². The van der Waals surface area contributed by atoms with Crippen molar-refractivity contribution in [3.05, 3.63) is 65.8 Å². The maximum Gasteiger partial charge on any atom is 0.342 e. The van der Waals surface area contributed by atoms with Crippen molar-refractivity contribution < 1.29 is 32.3 Å². The number of rotatable bonds is 5. The molecule has 1 heterocycles. The average molecular weight is 499 g/mol. The molecule has 1 aromatic rings. The van der Waals surface area contributed by atoms with Crippen molar-refractivity contribution in [1.82, 2.24) is 4.31 Å². The van der Waals surface area contributed by atoms with Crippen molar-refractivity contribution in [3.63, 3.8) is 0 Å². The number of hydrogen-bond acceptors (Lipinski definition) is 8. The number of ether oxygens (including phenoxy) is 2. The summed E-state index contributed by atoms with van der Waals surface area (Å²) in [5, 5.41) is 0. The first-order valence-electron chi connectivity index (χ1n) is 11.3. The normalized spacial score (nSPS) is 21.1. The molecule has 3 aliphatic rings. The highest BCUT2D eigenvalue weighted by Gasteiger charge is 2.58. The summed E-state index contributed by atoms with van der Waals surface area (Å²) >= 11 is 0. The number of carbonyl (C=O) groups is 3. The smallest absolute Gasteiger partial charge is 0.342 e. The van der Waals surface area contributed by atoms with Gasteiger partial charge >= 0.3 is 11.9 Å². The molecule has 0 radical (unpaired) electrons. The Balaban J connectivity index is 2.07. The zero-order valence-electron chi connectivity index (χ0n) is 19.5.